The van der Waals surface area contributed by atoms with E-state index in [2.05, 4.69) is 24.4 Å². The highest BCUT2D eigenvalue weighted by atomic mass is 16.2. The Labute approximate surface area is 145 Å². The molecule has 0 radical (unpaired) electrons. The number of amides is 2. The number of hydrogen-bond donors (Lipinski definition) is 1. The maximum atomic E-state index is 12.4. The molecule has 1 aliphatic rings. The van der Waals surface area contributed by atoms with Crippen LogP contribution in [0.15, 0.2) is 24.3 Å². The third-order valence-corrected chi connectivity index (χ3v) is 5.15. The van der Waals surface area contributed by atoms with E-state index in [0.29, 0.717) is 0 Å². The van der Waals surface area contributed by atoms with Gasteiger partial charge in [-0.2, -0.15) is 0 Å². The van der Waals surface area contributed by atoms with E-state index in [9.17, 15) is 9.59 Å². The van der Waals surface area contributed by atoms with E-state index < -0.39 is 0 Å². The van der Waals surface area contributed by atoms with Crippen LogP contribution in [0, 0.1) is 11.8 Å². The number of carbonyl (C=O) groups is 2. The molecule has 0 aromatic heterocycles. The smallest absolute Gasteiger partial charge is 0.227 e. The van der Waals surface area contributed by atoms with Gasteiger partial charge in [-0.3, -0.25) is 9.59 Å². The summed E-state index contributed by atoms with van der Waals surface area (Å²) in [6.45, 7) is 7.69. The first-order valence-electron chi connectivity index (χ1n) is 9.27. The maximum Gasteiger partial charge on any atom is 0.227 e. The average molecular weight is 330 g/mol. The predicted octanol–water partition coefficient (Wildman–Crippen LogP) is 3.86. The maximum absolute atomic E-state index is 12.4. The zero-order chi connectivity index (χ0) is 17.5. The topological polar surface area (TPSA) is 49.4 Å². The Hall–Kier alpha value is -1.84. The molecule has 1 N–H and O–H groups in total. The molecule has 0 saturated heterocycles. The van der Waals surface area contributed by atoms with Crippen molar-refractivity contribution < 1.29 is 9.59 Å². The Kier molecular flexibility index (Phi) is 6.83. The molecule has 0 aliphatic heterocycles. The van der Waals surface area contributed by atoms with Gasteiger partial charge < -0.3 is 10.2 Å². The van der Waals surface area contributed by atoms with Crippen molar-refractivity contribution >= 4 is 17.5 Å². The monoisotopic (exact) mass is 330 g/mol. The van der Waals surface area contributed by atoms with E-state index in [0.717, 1.165) is 50.9 Å². The van der Waals surface area contributed by atoms with Crippen molar-refractivity contribution in [1.82, 2.24) is 4.90 Å². The summed E-state index contributed by atoms with van der Waals surface area (Å²) in [5.74, 6) is 0.469. The largest absolute Gasteiger partial charge is 0.343 e. The minimum Gasteiger partial charge on any atom is -0.343 e. The summed E-state index contributed by atoms with van der Waals surface area (Å²) in [6, 6.07) is 8.03. The average Bonchev–Trinajstić information content (AvgIpc) is 2.63. The number of nitrogens with one attached hydrogen (secondary N) is 1. The summed E-state index contributed by atoms with van der Waals surface area (Å²) in [6.07, 6.45) is 4.25. The van der Waals surface area contributed by atoms with Crippen LogP contribution in [0.4, 0.5) is 5.69 Å². The first kappa shape index (κ1) is 18.5. The van der Waals surface area contributed by atoms with Crippen molar-refractivity contribution in [1.29, 1.82) is 0 Å². The molecule has 0 unspecified atom stereocenters. The summed E-state index contributed by atoms with van der Waals surface area (Å²) in [4.78, 5) is 26.8. The van der Waals surface area contributed by atoms with Crippen LogP contribution in [0.25, 0.3) is 0 Å². The van der Waals surface area contributed by atoms with Gasteiger partial charge in [-0.25, -0.2) is 0 Å². The summed E-state index contributed by atoms with van der Waals surface area (Å²) in [7, 11) is 0. The minimum absolute atomic E-state index is 0.0246. The van der Waals surface area contributed by atoms with Crippen molar-refractivity contribution in [3.63, 3.8) is 0 Å². The Balaban J connectivity index is 1.84. The van der Waals surface area contributed by atoms with Gasteiger partial charge in [0, 0.05) is 30.6 Å². The van der Waals surface area contributed by atoms with Gasteiger partial charge in [-0.05, 0) is 63.6 Å². The fourth-order valence-electron chi connectivity index (χ4n) is 3.46. The van der Waals surface area contributed by atoms with E-state index >= 15 is 0 Å². The van der Waals surface area contributed by atoms with Gasteiger partial charge in [-0.15, -0.1) is 0 Å². The number of rotatable bonds is 6. The van der Waals surface area contributed by atoms with Crippen LogP contribution in [0.2, 0.25) is 0 Å². The van der Waals surface area contributed by atoms with Crippen molar-refractivity contribution in [2.24, 2.45) is 11.8 Å². The normalized spacial score (nSPS) is 20.5. The second-order valence-electron chi connectivity index (χ2n) is 6.60. The van der Waals surface area contributed by atoms with Gasteiger partial charge in [0.25, 0.3) is 0 Å². The molecule has 1 aliphatic carbocycles. The fraction of sp³-hybridized carbons (Fsp3) is 0.600. The quantitative estimate of drug-likeness (QED) is 0.861. The highest BCUT2D eigenvalue weighted by molar-refractivity contribution is 5.92. The van der Waals surface area contributed by atoms with E-state index in [1.54, 1.807) is 0 Å². The van der Waals surface area contributed by atoms with Crippen molar-refractivity contribution in [3.8, 4) is 0 Å². The van der Waals surface area contributed by atoms with Crippen LogP contribution in [-0.2, 0) is 16.0 Å². The minimum atomic E-state index is 0.0246. The lowest BCUT2D eigenvalue weighted by atomic mass is 9.81. The number of aryl methyl sites for hydroxylation is 1. The molecular weight excluding hydrogens is 300 g/mol. The van der Waals surface area contributed by atoms with E-state index in [1.165, 1.54) is 5.56 Å². The molecule has 24 heavy (non-hydrogen) atoms. The molecule has 1 saturated carbocycles. The number of anilines is 1. The molecule has 0 spiro atoms. The van der Waals surface area contributed by atoms with Gasteiger partial charge in [-0.1, -0.05) is 19.1 Å². The van der Waals surface area contributed by atoms with Crippen LogP contribution in [-0.4, -0.2) is 29.8 Å². The summed E-state index contributed by atoms with van der Waals surface area (Å²) in [5.41, 5.74) is 2.13. The second-order valence-corrected chi connectivity index (χ2v) is 6.60. The first-order chi connectivity index (χ1) is 11.6. The molecule has 0 bridgehead atoms. The molecule has 1 fully saturated rings. The van der Waals surface area contributed by atoms with E-state index in [4.69, 9.17) is 0 Å². The van der Waals surface area contributed by atoms with E-state index in [-0.39, 0.29) is 23.7 Å². The number of nitrogens with zero attached hydrogens (tertiary/aromatic N) is 1. The molecule has 4 nitrogen and oxygen atoms in total. The SMILES string of the molecule is CCc1ccc(NC(=O)C2CCC(C(=O)N(CC)CC)CC2)cc1. The zero-order valence-electron chi connectivity index (χ0n) is 15.2. The standard InChI is InChI=1S/C20H30N2O2/c1-4-15-7-13-18(14-8-15)21-19(23)16-9-11-17(12-10-16)20(24)22(5-2)6-3/h7-8,13-14,16-17H,4-6,9-12H2,1-3H3,(H,21,23). The number of benzene rings is 1. The van der Waals surface area contributed by atoms with Crippen LogP contribution in [0.3, 0.4) is 0 Å². The fourth-order valence-corrected chi connectivity index (χ4v) is 3.46. The Morgan fingerprint density at radius 2 is 1.50 bits per heavy atom. The lowest BCUT2D eigenvalue weighted by Crippen LogP contribution is -2.38. The molecule has 2 amide bonds. The highest BCUT2D eigenvalue weighted by Crippen LogP contribution is 2.31. The molecular formula is C20H30N2O2. The molecule has 132 valence electrons. The Bertz CT molecular complexity index is 541. The van der Waals surface area contributed by atoms with Gasteiger partial charge in [0.05, 0.1) is 0 Å². The summed E-state index contributed by atoms with van der Waals surface area (Å²) >= 11 is 0. The van der Waals surface area contributed by atoms with Gasteiger partial charge >= 0.3 is 0 Å². The first-order valence-corrected chi connectivity index (χ1v) is 9.27. The van der Waals surface area contributed by atoms with Gasteiger partial charge in [0.1, 0.15) is 0 Å². The molecule has 4 heteroatoms. The molecule has 0 atom stereocenters. The molecule has 2 rings (SSSR count). The third kappa shape index (κ3) is 4.59. The summed E-state index contributed by atoms with van der Waals surface area (Å²) < 4.78 is 0. The number of carbonyl (C=O) groups excluding carboxylic acids is 2. The van der Waals surface area contributed by atoms with Crippen molar-refractivity contribution in [2.45, 2.75) is 52.9 Å². The zero-order valence-corrected chi connectivity index (χ0v) is 15.2. The van der Waals surface area contributed by atoms with Crippen LogP contribution >= 0.6 is 0 Å². The number of hydrogen-bond acceptors (Lipinski definition) is 2. The molecule has 1 aromatic carbocycles. The predicted molar refractivity (Wildman–Crippen MR) is 97.8 cm³/mol. The van der Waals surface area contributed by atoms with Crippen LogP contribution in [0.5, 0.6) is 0 Å². The van der Waals surface area contributed by atoms with Crippen molar-refractivity contribution in [3.05, 3.63) is 29.8 Å². The van der Waals surface area contributed by atoms with Crippen molar-refractivity contribution in [2.75, 3.05) is 18.4 Å². The van der Waals surface area contributed by atoms with Gasteiger partial charge in [0.15, 0.2) is 0 Å². The van der Waals surface area contributed by atoms with Crippen LogP contribution in [0.1, 0.15) is 52.0 Å². The third-order valence-electron chi connectivity index (χ3n) is 5.15. The Morgan fingerprint density at radius 1 is 0.958 bits per heavy atom. The Morgan fingerprint density at radius 3 is 2.00 bits per heavy atom. The van der Waals surface area contributed by atoms with Gasteiger partial charge in [0.2, 0.25) is 11.8 Å². The molecule has 1 aromatic rings. The molecule has 0 heterocycles. The second kappa shape index (κ2) is 8.86. The lowest BCUT2D eigenvalue weighted by Gasteiger charge is -2.30. The summed E-state index contributed by atoms with van der Waals surface area (Å²) in [5, 5.41) is 3.02. The highest BCUT2D eigenvalue weighted by Gasteiger charge is 2.31. The lowest BCUT2D eigenvalue weighted by molar-refractivity contribution is -0.137. The van der Waals surface area contributed by atoms with E-state index in [1.807, 2.05) is 30.9 Å². The van der Waals surface area contributed by atoms with Crippen LogP contribution < -0.4 is 5.32 Å².